The first kappa shape index (κ1) is 13.8. The fourth-order valence-electron chi connectivity index (χ4n) is 2.32. The quantitative estimate of drug-likeness (QED) is 0.415. The number of carbonyl (C=O) groups is 2. The lowest BCUT2D eigenvalue weighted by Gasteiger charge is -2.09. The fraction of sp³-hybridized carbons (Fsp3) is 0.125. The van der Waals surface area contributed by atoms with E-state index in [-0.39, 0.29) is 0 Å². The highest BCUT2D eigenvalue weighted by Gasteiger charge is 2.27. The molecule has 0 radical (unpaired) electrons. The molecule has 0 aliphatic carbocycles. The number of nitrogens with one attached hydrogen (secondary N) is 2. The van der Waals surface area contributed by atoms with Crippen molar-refractivity contribution in [2.75, 3.05) is 12.8 Å². The maximum atomic E-state index is 11.5. The van der Waals surface area contributed by atoms with Crippen LogP contribution in [0.4, 0.5) is 10.5 Å². The van der Waals surface area contributed by atoms with E-state index in [0.717, 1.165) is 10.8 Å². The predicted octanol–water partition coefficient (Wildman–Crippen LogP) is 0.990. The summed E-state index contributed by atoms with van der Waals surface area (Å²) >= 11 is 0. The normalized spacial score (nSPS) is 16.7. The third-order valence-corrected chi connectivity index (χ3v) is 3.39. The number of hydrogen-bond donors (Lipinski definition) is 3. The van der Waals surface area contributed by atoms with Crippen molar-refractivity contribution in [3.8, 4) is 17.6 Å². The Labute approximate surface area is 126 Å². The molecule has 1 heterocycles. The van der Waals surface area contributed by atoms with Crippen molar-refractivity contribution >= 4 is 28.4 Å². The summed E-state index contributed by atoms with van der Waals surface area (Å²) in [6, 6.07) is 7.73. The number of ether oxygens (including phenoxy) is 1. The minimum atomic E-state index is -0.867. The van der Waals surface area contributed by atoms with Crippen LogP contribution in [0.25, 0.3) is 10.8 Å². The molecular weight excluding hydrogens is 282 g/mol. The van der Waals surface area contributed by atoms with E-state index in [1.165, 1.54) is 0 Å². The van der Waals surface area contributed by atoms with Crippen LogP contribution in [-0.2, 0) is 4.79 Å². The van der Waals surface area contributed by atoms with E-state index >= 15 is 0 Å². The largest absolute Gasteiger partial charge is 0.495 e. The number of methoxy groups -OCH3 is 1. The molecule has 1 fully saturated rings. The molecule has 110 valence electrons. The lowest BCUT2D eigenvalue weighted by atomic mass is 10.0. The SMILES string of the molecule is COc1ccc2c(N)cccc2c1C#CC1NC(=O)NC1=O. The van der Waals surface area contributed by atoms with Crippen LogP contribution in [0, 0.1) is 11.8 Å². The molecule has 22 heavy (non-hydrogen) atoms. The summed E-state index contributed by atoms with van der Waals surface area (Å²) < 4.78 is 5.33. The van der Waals surface area contributed by atoms with Gasteiger partial charge in [0.15, 0.2) is 6.04 Å². The predicted molar refractivity (Wildman–Crippen MR) is 82.3 cm³/mol. The summed E-state index contributed by atoms with van der Waals surface area (Å²) in [6.07, 6.45) is 0. The highest BCUT2D eigenvalue weighted by Crippen LogP contribution is 2.30. The van der Waals surface area contributed by atoms with Crippen molar-refractivity contribution in [3.05, 3.63) is 35.9 Å². The first-order valence-electron chi connectivity index (χ1n) is 6.58. The zero-order valence-corrected chi connectivity index (χ0v) is 11.8. The monoisotopic (exact) mass is 295 g/mol. The number of fused-ring (bicyclic) bond motifs is 1. The number of hydrogen-bond acceptors (Lipinski definition) is 4. The molecule has 1 unspecified atom stereocenters. The van der Waals surface area contributed by atoms with Gasteiger partial charge in [-0.1, -0.05) is 24.0 Å². The molecule has 2 aromatic carbocycles. The Morgan fingerprint density at radius 1 is 1.18 bits per heavy atom. The molecule has 3 rings (SSSR count). The molecule has 4 N–H and O–H groups in total. The van der Waals surface area contributed by atoms with E-state index in [1.54, 1.807) is 19.2 Å². The summed E-state index contributed by atoms with van der Waals surface area (Å²) in [5, 5.41) is 6.25. The van der Waals surface area contributed by atoms with Gasteiger partial charge in [-0.2, -0.15) is 0 Å². The van der Waals surface area contributed by atoms with Crippen LogP contribution < -0.4 is 21.1 Å². The molecule has 2 aromatic rings. The summed E-state index contributed by atoms with van der Waals surface area (Å²) in [5.74, 6) is 5.79. The van der Waals surface area contributed by atoms with Crippen molar-refractivity contribution < 1.29 is 14.3 Å². The third-order valence-electron chi connectivity index (χ3n) is 3.39. The molecule has 0 saturated carbocycles. The van der Waals surface area contributed by atoms with E-state index in [1.807, 2.05) is 18.2 Å². The van der Waals surface area contributed by atoms with E-state index in [0.29, 0.717) is 17.0 Å². The zero-order chi connectivity index (χ0) is 15.7. The first-order valence-corrected chi connectivity index (χ1v) is 6.58. The Hall–Kier alpha value is -3.20. The Morgan fingerprint density at radius 3 is 2.68 bits per heavy atom. The Balaban J connectivity index is 2.12. The van der Waals surface area contributed by atoms with Crippen molar-refractivity contribution in [1.82, 2.24) is 10.6 Å². The molecule has 0 spiro atoms. The number of nitrogen functional groups attached to an aromatic ring is 1. The van der Waals surface area contributed by atoms with Crippen LogP contribution >= 0.6 is 0 Å². The molecular formula is C16H13N3O3. The topological polar surface area (TPSA) is 93.4 Å². The van der Waals surface area contributed by atoms with Crippen LogP contribution in [0.5, 0.6) is 5.75 Å². The molecule has 1 aliphatic rings. The first-order chi connectivity index (χ1) is 10.6. The summed E-state index contributed by atoms with van der Waals surface area (Å²) in [4.78, 5) is 22.6. The standard InChI is InChI=1S/C16H13N3O3/c1-22-14-8-6-10-9(3-2-4-12(10)17)11(14)5-7-13-15(20)19-16(21)18-13/h2-4,6,8,13H,17H2,1H3,(H2,18,19,20,21). The number of imide groups is 1. The van der Waals surface area contributed by atoms with Crippen molar-refractivity contribution in [1.29, 1.82) is 0 Å². The number of benzene rings is 2. The highest BCUT2D eigenvalue weighted by molar-refractivity contribution is 6.06. The number of nitrogens with two attached hydrogens (primary N) is 1. The van der Waals surface area contributed by atoms with Gasteiger partial charge in [-0.15, -0.1) is 0 Å². The van der Waals surface area contributed by atoms with Crippen LogP contribution in [0.1, 0.15) is 5.56 Å². The Kier molecular flexibility index (Phi) is 3.31. The summed E-state index contributed by atoms with van der Waals surface area (Å²) in [5.41, 5.74) is 7.23. The molecule has 0 aromatic heterocycles. The van der Waals surface area contributed by atoms with Gasteiger partial charge >= 0.3 is 6.03 Å². The third kappa shape index (κ3) is 2.29. The van der Waals surface area contributed by atoms with Gasteiger partial charge in [0.05, 0.1) is 12.7 Å². The van der Waals surface area contributed by atoms with Crippen LogP contribution in [0.2, 0.25) is 0 Å². The van der Waals surface area contributed by atoms with E-state index in [2.05, 4.69) is 22.5 Å². The molecule has 1 atom stereocenters. The van der Waals surface area contributed by atoms with Gasteiger partial charge < -0.3 is 15.8 Å². The lowest BCUT2D eigenvalue weighted by Crippen LogP contribution is -2.26. The number of anilines is 1. The second kappa shape index (κ2) is 5.30. The van der Waals surface area contributed by atoms with Crippen LogP contribution in [-0.4, -0.2) is 25.1 Å². The van der Waals surface area contributed by atoms with Crippen LogP contribution in [0.3, 0.4) is 0 Å². The zero-order valence-electron chi connectivity index (χ0n) is 11.8. The molecule has 6 nitrogen and oxygen atoms in total. The average Bonchev–Trinajstić information content (AvgIpc) is 2.83. The average molecular weight is 295 g/mol. The van der Waals surface area contributed by atoms with E-state index in [9.17, 15) is 9.59 Å². The number of amides is 3. The number of urea groups is 1. The van der Waals surface area contributed by atoms with Gasteiger partial charge in [-0.25, -0.2) is 4.79 Å². The summed E-state index contributed by atoms with van der Waals surface area (Å²) in [7, 11) is 1.54. The summed E-state index contributed by atoms with van der Waals surface area (Å²) in [6.45, 7) is 0. The van der Waals surface area contributed by atoms with Crippen molar-refractivity contribution in [3.63, 3.8) is 0 Å². The van der Waals surface area contributed by atoms with E-state index < -0.39 is 18.0 Å². The maximum absolute atomic E-state index is 11.5. The smallest absolute Gasteiger partial charge is 0.322 e. The number of carbonyl (C=O) groups excluding carboxylic acids is 2. The number of rotatable bonds is 1. The Bertz CT molecular complexity index is 849. The minimum absolute atomic E-state index is 0.462. The minimum Gasteiger partial charge on any atom is -0.495 e. The highest BCUT2D eigenvalue weighted by atomic mass is 16.5. The van der Waals surface area contributed by atoms with Gasteiger partial charge in [0, 0.05) is 16.5 Å². The van der Waals surface area contributed by atoms with Gasteiger partial charge in [0.25, 0.3) is 5.91 Å². The fourth-order valence-corrected chi connectivity index (χ4v) is 2.32. The molecule has 3 amide bonds. The molecule has 0 bridgehead atoms. The van der Waals surface area contributed by atoms with Gasteiger partial charge in [-0.3, -0.25) is 10.1 Å². The van der Waals surface area contributed by atoms with E-state index in [4.69, 9.17) is 10.5 Å². The second-order valence-electron chi connectivity index (χ2n) is 4.75. The molecule has 6 heteroatoms. The van der Waals surface area contributed by atoms with Gasteiger partial charge in [-0.05, 0) is 18.2 Å². The van der Waals surface area contributed by atoms with Crippen molar-refractivity contribution in [2.24, 2.45) is 0 Å². The van der Waals surface area contributed by atoms with Gasteiger partial charge in [0.2, 0.25) is 0 Å². The maximum Gasteiger partial charge on any atom is 0.322 e. The van der Waals surface area contributed by atoms with Crippen LogP contribution in [0.15, 0.2) is 30.3 Å². The van der Waals surface area contributed by atoms with Gasteiger partial charge in [0.1, 0.15) is 5.75 Å². The Morgan fingerprint density at radius 2 is 2.00 bits per heavy atom. The molecule has 1 saturated heterocycles. The van der Waals surface area contributed by atoms with Crippen molar-refractivity contribution in [2.45, 2.75) is 6.04 Å². The lowest BCUT2D eigenvalue weighted by molar-refractivity contribution is -0.119. The molecule has 1 aliphatic heterocycles. The second-order valence-corrected chi connectivity index (χ2v) is 4.75.